The van der Waals surface area contributed by atoms with E-state index in [4.69, 9.17) is 0 Å². The van der Waals surface area contributed by atoms with Gasteiger partial charge >= 0.3 is 0 Å². The molecule has 0 aliphatic heterocycles. The standard InChI is InChI=1S/C22H26BrN3O2S/c1-13-11-14(2)16(4)22(15(13)3)29(27,28)25-21-17(5)24-26(18(21)6)12-19-7-9-20(23)10-8-19/h7-11,25H,12H2,1-6H3. The van der Waals surface area contributed by atoms with Crippen LogP contribution in [0.4, 0.5) is 5.69 Å². The molecular formula is C22H26BrN3O2S. The van der Waals surface area contributed by atoms with Gasteiger partial charge in [0.15, 0.2) is 0 Å². The molecule has 0 saturated carbocycles. The van der Waals surface area contributed by atoms with E-state index in [1.54, 1.807) is 0 Å². The van der Waals surface area contributed by atoms with Crippen LogP contribution >= 0.6 is 15.9 Å². The average Bonchev–Trinajstić information content (AvgIpc) is 2.89. The summed E-state index contributed by atoms with van der Waals surface area (Å²) in [6, 6.07) is 10.0. The van der Waals surface area contributed by atoms with E-state index in [0.29, 0.717) is 22.8 Å². The van der Waals surface area contributed by atoms with E-state index in [1.807, 2.05) is 76.6 Å². The molecule has 0 saturated heterocycles. The monoisotopic (exact) mass is 475 g/mol. The summed E-state index contributed by atoms with van der Waals surface area (Å²) in [6.07, 6.45) is 0. The molecule has 0 aliphatic carbocycles. The number of aryl methyl sites for hydroxylation is 3. The Morgan fingerprint density at radius 1 is 0.966 bits per heavy atom. The summed E-state index contributed by atoms with van der Waals surface area (Å²) in [6.45, 7) is 11.9. The highest BCUT2D eigenvalue weighted by atomic mass is 79.9. The highest BCUT2D eigenvalue weighted by Gasteiger charge is 2.25. The van der Waals surface area contributed by atoms with Crippen LogP contribution in [0.1, 0.15) is 39.2 Å². The molecule has 29 heavy (non-hydrogen) atoms. The zero-order valence-electron chi connectivity index (χ0n) is 17.6. The molecule has 154 valence electrons. The molecule has 0 aliphatic rings. The third-order valence-electron chi connectivity index (χ3n) is 5.43. The Kier molecular flexibility index (Phi) is 5.92. The number of rotatable bonds is 5. The van der Waals surface area contributed by atoms with Crippen molar-refractivity contribution in [2.75, 3.05) is 4.72 Å². The first-order valence-electron chi connectivity index (χ1n) is 9.40. The van der Waals surface area contributed by atoms with Crippen molar-refractivity contribution in [2.24, 2.45) is 0 Å². The summed E-state index contributed by atoms with van der Waals surface area (Å²) in [5.41, 5.74) is 6.56. The van der Waals surface area contributed by atoms with E-state index in [1.165, 1.54) is 0 Å². The van der Waals surface area contributed by atoms with E-state index >= 15 is 0 Å². The average molecular weight is 476 g/mol. The van der Waals surface area contributed by atoms with Gasteiger partial charge in [0.1, 0.15) is 0 Å². The minimum Gasteiger partial charge on any atom is -0.276 e. The Bertz CT molecular complexity index is 1150. The molecule has 0 fully saturated rings. The minimum atomic E-state index is -3.74. The fourth-order valence-electron chi connectivity index (χ4n) is 3.53. The molecule has 0 amide bonds. The van der Waals surface area contributed by atoms with Crippen LogP contribution in [0, 0.1) is 41.5 Å². The number of anilines is 1. The van der Waals surface area contributed by atoms with Crippen LogP contribution in [0.15, 0.2) is 39.7 Å². The molecule has 0 spiro atoms. The van der Waals surface area contributed by atoms with E-state index in [0.717, 1.165) is 38.0 Å². The third kappa shape index (κ3) is 4.26. The number of nitrogens with zero attached hydrogens (tertiary/aromatic N) is 2. The number of hydrogen-bond donors (Lipinski definition) is 1. The fraction of sp³-hybridized carbons (Fsp3) is 0.318. The summed E-state index contributed by atoms with van der Waals surface area (Å²) in [7, 11) is -3.74. The molecule has 1 aromatic heterocycles. The highest BCUT2D eigenvalue weighted by molar-refractivity contribution is 9.10. The summed E-state index contributed by atoms with van der Waals surface area (Å²) < 4.78 is 32.3. The van der Waals surface area contributed by atoms with Gasteiger partial charge in [-0.3, -0.25) is 9.40 Å². The molecule has 0 atom stereocenters. The SMILES string of the molecule is Cc1cc(C)c(C)c(S(=O)(=O)Nc2c(C)nn(Cc3ccc(Br)cc3)c2C)c1C. The molecule has 2 aromatic carbocycles. The lowest BCUT2D eigenvalue weighted by atomic mass is 10.0. The molecule has 0 bridgehead atoms. The normalized spacial score (nSPS) is 11.7. The minimum absolute atomic E-state index is 0.356. The second-order valence-electron chi connectivity index (χ2n) is 7.52. The fourth-order valence-corrected chi connectivity index (χ4v) is 5.59. The second-order valence-corrected chi connectivity index (χ2v) is 10.1. The van der Waals surface area contributed by atoms with Gasteiger partial charge < -0.3 is 0 Å². The first-order chi connectivity index (χ1) is 13.5. The van der Waals surface area contributed by atoms with Crippen LogP contribution in [0.2, 0.25) is 0 Å². The lowest BCUT2D eigenvalue weighted by molar-refractivity contribution is 0.599. The second kappa shape index (κ2) is 7.95. The predicted molar refractivity (Wildman–Crippen MR) is 121 cm³/mol. The lowest BCUT2D eigenvalue weighted by Crippen LogP contribution is -2.18. The molecular weight excluding hydrogens is 450 g/mol. The zero-order chi connectivity index (χ0) is 21.5. The van der Waals surface area contributed by atoms with Crippen LogP contribution in [0.5, 0.6) is 0 Å². The molecule has 7 heteroatoms. The van der Waals surface area contributed by atoms with Crippen molar-refractivity contribution in [1.29, 1.82) is 0 Å². The van der Waals surface area contributed by atoms with Crippen molar-refractivity contribution in [3.8, 4) is 0 Å². The van der Waals surface area contributed by atoms with E-state index in [9.17, 15) is 8.42 Å². The maximum Gasteiger partial charge on any atom is 0.262 e. The Balaban J connectivity index is 1.99. The van der Waals surface area contributed by atoms with Gasteiger partial charge in [-0.2, -0.15) is 5.10 Å². The smallest absolute Gasteiger partial charge is 0.262 e. The van der Waals surface area contributed by atoms with Gasteiger partial charge in [-0.15, -0.1) is 0 Å². The highest BCUT2D eigenvalue weighted by Crippen LogP contribution is 2.30. The Hall–Kier alpha value is -2.12. The van der Waals surface area contributed by atoms with Gasteiger partial charge in [0.2, 0.25) is 0 Å². The van der Waals surface area contributed by atoms with Gasteiger partial charge in [0.25, 0.3) is 10.0 Å². The Labute approximate surface area is 181 Å². The molecule has 1 N–H and O–H groups in total. The molecule has 1 heterocycles. The number of nitrogens with one attached hydrogen (secondary N) is 1. The zero-order valence-corrected chi connectivity index (χ0v) is 20.0. The number of sulfonamides is 1. The van der Waals surface area contributed by atoms with Crippen molar-refractivity contribution < 1.29 is 8.42 Å². The summed E-state index contributed by atoms with van der Waals surface area (Å²) >= 11 is 3.44. The van der Waals surface area contributed by atoms with Crippen LogP contribution in [0.3, 0.4) is 0 Å². The van der Waals surface area contributed by atoms with Crippen molar-refractivity contribution in [3.63, 3.8) is 0 Å². The van der Waals surface area contributed by atoms with Gasteiger partial charge in [-0.05, 0) is 81.5 Å². The lowest BCUT2D eigenvalue weighted by Gasteiger charge is -2.17. The van der Waals surface area contributed by atoms with Crippen LogP contribution < -0.4 is 4.72 Å². The third-order valence-corrected chi connectivity index (χ3v) is 7.58. The van der Waals surface area contributed by atoms with E-state index in [-0.39, 0.29) is 0 Å². The molecule has 0 unspecified atom stereocenters. The largest absolute Gasteiger partial charge is 0.276 e. The first-order valence-corrected chi connectivity index (χ1v) is 11.7. The number of aromatic nitrogens is 2. The number of hydrogen-bond acceptors (Lipinski definition) is 3. The molecule has 0 radical (unpaired) electrons. The van der Waals surface area contributed by atoms with Crippen molar-refractivity contribution in [1.82, 2.24) is 9.78 Å². The van der Waals surface area contributed by atoms with E-state index < -0.39 is 10.0 Å². The Morgan fingerprint density at radius 3 is 2.07 bits per heavy atom. The van der Waals surface area contributed by atoms with Crippen molar-refractivity contribution >= 4 is 31.6 Å². The number of benzene rings is 2. The quantitative estimate of drug-likeness (QED) is 0.540. The van der Waals surface area contributed by atoms with Crippen molar-refractivity contribution in [2.45, 2.75) is 53.0 Å². The molecule has 5 nitrogen and oxygen atoms in total. The first kappa shape index (κ1) is 21.6. The van der Waals surface area contributed by atoms with Gasteiger partial charge in [-0.25, -0.2) is 8.42 Å². The molecule has 3 aromatic rings. The summed E-state index contributed by atoms with van der Waals surface area (Å²) in [5, 5.41) is 4.56. The van der Waals surface area contributed by atoms with E-state index in [2.05, 4.69) is 25.8 Å². The maximum atomic E-state index is 13.3. The van der Waals surface area contributed by atoms with Gasteiger partial charge in [-0.1, -0.05) is 34.1 Å². The summed E-state index contributed by atoms with van der Waals surface area (Å²) in [4.78, 5) is 0.356. The topological polar surface area (TPSA) is 64.0 Å². The summed E-state index contributed by atoms with van der Waals surface area (Å²) in [5.74, 6) is 0. The van der Waals surface area contributed by atoms with Crippen LogP contribution in [0.25, 0.3) is 0 Å². The van der Waals surface area contributed by atoms with Crippen LogP contribution in [-0.2, 0) is 16.6 Å². The number of halogens is 1. The van der Waals surface area contributed by atoms with Gasteiger partial charge in [0.05, 0.1) is 28.5 Å². The Morgan fingerprint density at radius 2 is 1.52 bits per heavy atom. The molecule has 3 rings (SSSR count). The van der Waals surface area contributed by atoms with Crippen molar-refractivity contribution in [3.05, 3.63) is 74.0 Å². The van der Waals surface area contributed by atoms with Crippen LogP contribution in [-0.4, -0.2) is 18.2 Å². The van der Waals surface area contributed by atoms with Gasteiger partial charge in [0, 0.05) is 4.47 Å². The predicted octanol–water partition coefficient (Wildman–Crippen LogP) is 5.35. The maximum absolute atomic E-state index is 13.3.